The molecule has 0 aromatic heterocycles. The lowest BCUT2D eigenvalue weighted by Gasteiger charge is -2.60. The Bertz CT molecular complexity index is 1060. The van der Waals surface area contributed by atoms with Gasteiger partial charge >= 0.3 is 5.97 Å². The lowest BCUT2D eigenvalue weighted by atomic mass is 9.58. The number of esters is 1. The summed E-state index contributed by atoms with van der Waals surface area (Å²) in [6, 6.07) is 8.34. The van der Waals surface area contributed by atoms with Gasteiger partial charge in [-0.25, -0.2) is 9.78 Å². The number of anilines is 1. The molecule has 1 aromatic rings. The lowest BCUT2D eigenvalue weighted by Crippen LogP contribution is -2.70. The predicted octanol–water partition coefficient (Wildman–Crippen LogP) is 6.08. The molecule has 0 N–H and O–H groups in total. The van der Waals surface area contributed by atoms with Crippen molar-refractivity contribution in [1.82, 2.24) is 0 Å². The fourth-order valence-corrected chi connectivity index (χ4v) is 7.97. The van der Waals surface area contributed by atoms with Gasteiger partial charge in [-0.05, 0) is 68.6 Å². The first kappa shape index (κ1) is 34.2. The average molecular weight is 659 g/mol. The van der Waals surface area contributed by atoms with Crippen LogP contribution in [-0.4, -0.2) is 81.2 Å². The molecule has 2 bridgehead atoms. The smallest absolute Gasteiger partial charge is 0.305 e. The van der Waals surface area contributed by atoms with Gasteiger partial charge in [0.25, 0.3) is 0 Å². The lowest BCUT2D eigenvalue weighted by molar-refractivity contribution is -0.577. The number of hydrogen-bond donors (Lipinski definition) is 0. The SMILES string of the molecule is C[C@H]1[C@H](OCCOCCOC(=O)CCCc2ccc(N(CCCl)CCCl)cc2)O[C@@H]2O[C@@]3(C)CC[C@H]4[C@H](C)CC[C@@H]1[C@@]24OO3. The van der Waals surface area contributed by atoms with Gasteiger partial charge in [0.15, 0.2) is 18.2 Å². The molecule has 1 aromatic carbocycles. The van der Waals surface area contributed by atoms with Crippen molar-refractivity contribution in [1.29, 1.82) is 0 Å². The highest BCUT2D eigenvalue weighted by molar-refractivity contribution is 6.18. The van der Waals surface area contributed by atoms with Crippen LogP contribution in [0.15, 0.2) is 24.3 Å². The van der Waals surface area contributed by atoms with Crippen molar-refractivity contribution in [2.75, 3.05) is 56.2 Å². The normalized spacial score (nSPS) is 34.3. The third-order valence-corrected chi connectivity index (χ3v) is 10.3. The van der Waals surface area contributed by atoms with Gasteiger partial charge in [-0.2, -0.15) is 0 Å². The van der Waals surface area contributed by atoms with E-state index in [-0.39, 0.29) is 24.4 Å². The number of nitrogens with zero attached hydrogens (tertiary/aromatic N) is 1. The van der Waals surface area contributed by atoms with Gasteiger partial charge in [0, 0.05) is 55.2 Å². The van der Waals surface area contributed by atoms with E-state index < -0.39 is 24.0 Å². The third kappa shape index (κ3) is 7.68. The van der Waals surface area contributed by atoms with E-state index in [4.69, 9.17) is 56.7 Å². The monoisotopic (exact) mass is 657 g/mol. The standard InChI is InChI=1S/C33H49Cl2NO8/c1-23-7-12-28-24(2)30(41-31-33(28)27(23)13-14-32(3,42-31)43-44-33)40-22-20-38-19-21-39-29(37)6-4-5-25-8-10-26(11-9-25)36(17-15-34)18-16-35/h8-11,23-24,27-28,30-31H,4-7,12-22H2,1-3H3/t23-,24-,27+,28+,30-,31-,32-,33-/m1/s1. The Morgan fingerprint density at radius 3 is 2.48 bits per heavy atom. The van der Waals surface area contributed by atoms with E-state index in [0.29, 0.717) is 49.8 Å². The van der Waals surface area contributed by atoms with Crippen molar-refractivity contribution in [2.45, 2.75) is 89.7 Å². The molecule has 0 unspecified atom stereocenters. The van der Waals surface area contributed by atoms with Gasteiger partial charge in [-0.1, -0.05) is 26.0 Å². The van der Waals surface area contributed by atoms with E-state index in [9.17, 15) is 4.79 Å². The van der Waals surface area contributed by atoms with Crippen molar-refractivity contribution < 1.29 is 38.3 Å². The maximum absolute atomic E-state index is 12.2. The predicted molar refractivity (Wildman–Crippen MR) is 168 cm³/mol. The molecule has 5 fully saturated rings. The molecule has 11 heteroatoms. The third-order valence-electron chi connectivity index (χ3n) is 9.95. The zero-order valence-electron chi connectivity index (χ0n) is 26.3. The van der Waals surface area contributed by atoms with Crippen molar-refractivity contribution in [2.24, 2.45) is 23.7 Å². The molecule has 4 heterocycles. The van der Waals surface area contributed by atoms with Crippen molar-refractivity contribution in [3.63, 3.8) is 0 Å². The van der Waals surface area contributed by atoms with Crippen LogP contribution < -0.4 is 4.90 Å². The number of fused-ring (bicyclic) bond motifs is 2. The zero-order valence-corrected chi connectivity index (χ0v) is 27.9. The highest BCUT2D eigenvalue weighted by Crippen LogP contribution is 2.60. The molecule has 4 aliphatic heterocycles. The Kier molecular flexibility index (Phi) is 12.1. The Morgan fingerprint density at radius 2 is 1.73 bits per heavy atom. The Hall–Kier alpha value is -1.17. The number of ether oxygens (including phenoxy) is 5. The van der Waals surface area contributed by atoms with E-state index >= 15 is 0 Å². The van der Waals surface area contributed by atoms with E-state index in [1.807, 2.05) is 6.92 Å². The van der Waals surface area contributed by atoms with E-state index in [0.717, 1.165) is 57.3 Å². The molecule has 44 heavy (non-hydrogen) atoms. The summed E-state index contributed by atoms with van der Waals surface area (Å²) in [4.78, 5) is 26.4. The Balaban J connectivity index is 0.963. The van der Waals surface area contributed by atoms with E-state index in [1.54, 1.807) is 0 Å². The van der Waals surface area contributed by atoms with Crippen LogP contribution in [0.5, 0.6) is 0 Å². The number of benzene rings is 1. The summed E-state index contributed by atoms with van der Waals surface area (Å²) < 4.78 is 30.0. The first-order chi connectivity index (χ1) is 21.3. The molecule has 5 aliphatic rings. The van der Waals surface area contributed by atoms with Gasteiger partial charge in [0.05, 0.1) is 19.8 Å². The first-order valence-corrected chi connectivity index (χ1v) is 17.4. The second kappa shape index (κ2) is 15.6. The zero-order chi connectivity index (χ0) is 31.2. The van der Waals surface area contributed by atoms with Crippen LogP contribution in [0, 0.1) is 23.7 Å². The van der Waals surface area contributed by atoms with Crippen molar-refractivity contribution in [3.05, 3.63) is 29.8 Å². The van der Waals surface area contributed by atoms with Gasteiger partial charge in [0.1, 0.15) is 6.61 Å². The minimum Gasteiger partial charge on any atom is -0.463 e. The van der Waals surface area contributed by atoms with E-state index in [2.05, 4.69) is 43.0 Å². The number of carbonyl (C=O) groups is 1. The number of carbonyl (C=O) groups excluding carboxylic acids is 1. The van der Waals surface area contributed by atoms with Gasteiger partial charge in [-0.3, -0.25) is 4.79 Å². The quantitative estimate of drug-likeness (QED) is 0.0909. The van der Waals surface area contributed by atoms with Gasteiger partial charge in [0.2, 0.25) is 5.79 Å². The first-order valence-electron chi connectivity index (χ1n) is 16.3. The summed E-state index contributed by atoms with van der Waals surface area (Å²) in [5.41, 5.74) is 1.69. The van der Waals surface area contributed by atoms with Crippen LogP contribution in [0.3, 0.4) is 0 Å². The van der Waals surface area contributed by atoms with Crippen LogP contribution in [0.25, 0.3) is 0 Å². The minimum atomic E-state index is -0.800. The van der Waals surface area contributed by atoms with Crippen LogP contribution in [0.1, 0.15) is 64.9 Å². The molecule has 0 amide bonds. The van der Waals surface area contributed by atoms with Crippen molar-refractivity contribution in [3.8, 4) is 0 Å². The summed E-state index contributed by atoms with van der Waals surface area (Å²) in [6.07, 6.45) is 4.93. The summed E-state index contributed by atoms with van der Waals surface area (Å²) in [5, 5.41) is 0. The van der Waals surface area contributed by atoms with Crippen LogP contribution >= 0.6 is 23.2 Å². The molecule has 1 aliphatic carbocycles. The topological polar surface area (TPSA) is 84.9 Å². The van der Waals surface area contributed by atoms with Crippen molar-refractivity contribution >= 4 is 34.9 Å². The molecule has 8 atom stereocenters. The van der Waals surface area contributed by atoms with Crippen LogP contribution in [0.2, 0.25) is 0 Å². The highest BCUT2D eigenvalue weighted by atomic mass is 35.5. The number of aryl methyl sites for hydroxylation is 1. The number of halogens is 2. The minimum absolute atomic E-state index is 0.122. The Morgan fingerprint density at radius 1 is 0.977 bits per heavy atom. The molecular formula is C33H49Cl2NO8. The summed E-state index contributed by atoms with van der Waals surface area (Å²) in [7, 11) is 0. The van der Waals surface area contributed by atoms with E-state index in [1.165, 1.54) is 5.56 Å². The second-order valence-corrected chi connectivity index (χ2v) is 13.6. The molecule has 1 spiro atoms. The molecule has 6 rings (SSSR count). The molecular weight excluding hydrogens is 609 g/mol. The fourth-order valence-electron chi connectivity index (χ4n) is 7.56. The summed E-state index contributed by atoms with van der Waals surface area (Å²) in [5.74, 6) is 1.29. The van der Waals surface area contributed by atoms with Crippen LogP contribution in [0.4, 0.5) is 5.69 Å². The second-order valence-electron chi connectivity index (χ2n) is 12.9. The number of hydrogen-bond acceptors (Lipinski definition) is 9. The number of alkyl halides is 2. The molecule has 1 saturated carbocycles. The highest BCUT2D eigenvalue weighted by Gasteiger charge is 2.69. The number of rotatable bonds is 16. The maximum atomic E-state index is 12.2. The van der Waals surface area contributed by atoms with Crippen LogP contribution in [-0.2, 0) is 44.7 Å². The Labute approximate surface area is 272 Å². The largest absolute Gasteiger partial charge is 0.463 e. The summed E-state index contributed by atoms with van der Waals surface area (Å²) in [6.45, 7) is 9.21. The summed E-state index contributed by atoms with van der Waals surface area (Å²) >= 11 is 11.8. The molecule has 9 nitrogen and oxygen atoms in total. The average Bonchev–Trinajstić information content (AvgIpc) is 3.25. The van der Waals surface area contributed by atoms with Gasteiger partial charge in [-0.15, -0.1) is 23.2 Å². The maximum Gasteiger partial charge on any atom is 0.305 e. The fraction of sp³-hybridized carbons (Fsp3) is 0.788. The molecule has 248 valence electrons. The molecule has 4 saturated heterocycles. The van der Waals surface area contributed by atoms with Gasteiger partial charge < -0.3 is 28.6 Å². The molecule has 0 radical (unpaired) electrons.